The number of allylic oxidation sites excluding steroid dienone is 5. The highest BCUT2D eigenvalue weighted by atomic mass is 16.2. The highest BCUT2D eigenvalue weighted by molar-refractivity contribution is 5.82. The van der Waals surface area contributed by atoms with Crippen LogP contribution in [0.1, 0.15) is 32.6 Å². The maximum Gasteiger partial charge on any atom is 0.240 e. The third-order valence-electron chi connectivity index (χ3n) is 4.56. The normalized spacial score (nSPS) is 25.9. The Bertz CT molecular complexity index is 475. The number of piperazine rings is 1. The maximum atomic E-state index is 12.4. The number of unbranched alkanes of at least 4 members (excludes halogenated alkanes) is 2. The number of amides is 1. The molecule has 3 aliphatic rings. The van der Waals surface area contributed by atoms with E-state index in [2.05, 4.69) is 36.1 Å². The topological polar surface area (TPSA) is 23.6 Å². The minimum Gasteiger partial charge on any atom is -0.313 e. The highest BCUT2D eigenvalue weighted by Crippen LogP contribution is 2.34. The van der Waals surface area contributed by atoms with Gasteiger partial charge >= 0.3 is 0 Å². The van der Waals surface area contributed by atoms with Gasteiger partial charge in [-0.25, -0.2) is 0 Å². The zero-order valence-electron chi connectivity index (χ0n) is 12.3. The first kappa shape index (κ1) is 13.6. The third kappa shape index (κ3) is 2.59. The first-order valence-electron chi connectivity index (χ1n) is 7.90. The summed E-state index contributed by atoms with van der Waals surface area (Å²) in [5.41, 5.74) is 2.63. The Kier molecular flexibility index (Phi) is 4.06. The monoisotopic (exact) mass is 272 g/mol. The van der Waals surface area contributed by atoms with E-state index >= 15 is 0 Å². The maximum absolute atomic E-state index is 12.4. The van der Waals surface area contributed by atoms with Crippen LogP contribution < -0.4 is 0 Å². The Balaban J connectivity index is 1.78. The van der Waals surface area contributed by atoms with E-state index in [9.17, 15) is 4.79 Å². The lowest BCUT2D eigenvalue weighted by Gasteiger charge is -2.42. The lowest BCUT2D eigenvalue weighted by molar-refractivity contribution is -0.133. The molecule has 0 N–H and O–H groups in total. The van der Waals surface area contributed by atoms with Crippen LogP contribution in [0.25, 0.3) is 0 Å². The molecule has 1 amide bonds. The molecule has 0 bridgehead atoms. The molecule has 1 unspecified atom stereocenters. The summed E-state index contributed by atoms with van der Waals surface area (Å²) in [6.07, 6.45) is 13.5. The lowest BCUT2D eigenvalue weighted by Crippen LogP contribution is -2.51. The van der Waals surface area contributed by atoms with Gasteiger partial charge in [0.1, 0.15) is 0 Å². The molecule has 3 rings (SSSR count). The first-order chi connectivity index (χ1) is 9.79. The van der Waals surface area contributed by atoms with E-state index in [4.69, 9.17) is 0 Å². The van der Waals surface area contributed by atoms with E-state index in [1.54, 1.807) is 0 Å². The standard InChI is InChI=1S/C17H24N2O/c1-2-3-6-10-18-12-16-15-8-5-4-7-14(15)9-11-19(16)17(20)13-18/h4-5,7-8,14H,2-3,6,9-13H2,1H3. The Morgan fingerprint density at radius 1 is 1.25 bits per heavy atom. The summed E-state index contributed by atoms with van der Waals surface area (Å²) in [5, 5.41) is 0. The van der Waals surface area contributed by atoms with Crippen molar-refractivity contribution in [3.05, 3.63) is 35.6 Å². The van der Waals surface area contributed by atoms with Crippen molar-refractivity contribution in [1.82, 2.24) is 9.80 Å². The minimum atomic E-state index is 0.289. The average Bonchev–Trinajstić information content (AvgIpc) is 2.47. The fourth-order valence-electron chi connectivity index (χ4n) is 3.45. The van der Waals surface area contributed by atoms with Crippen molar-refractivity contribution in [1.29, 1.82) is 0 Å². The van der Waals surface area contributed by atoms with Gasteiger partial charge in [0.2, 0.25) is 5.91 Å². The fraction of sp³-hybridized carbons (Fsp3) is 0.588. The Morgan fingerprint density at radius 3 is 3.00 bits per heavy atom. The zero-order valence-corrected chi connectivity index (χ0v) is 12.3. The van der Waals surface area contributed by atoms with Gasteiger partial charge in [0.25, 0.3) is 0 Å². The molecular formula is C17H24N2O. The molecule has 3 nitrogen and oxygen atoms in total. The molecular weight excluding hydrogens is 248 g/mol. The molecule has 20 heavy (non-hydrogen) atoms. The fourth-order valence-corrected chi connectivity index (χ4v) is 3.45. The Morgan fingerprint density at radius 2 is 2.15 bits per heavy atom. The van der Waals surface area contributed by atoms with Crippen molar-refractivity contribution in [3.63, 3.8) is 0 Å². The van der Waals surface area contributed by atoms with E-state index in [0.29, 0.717) is 12.5 Å². The molecule has 1 saturated heterocycles. The van der Waals surface area contributed by atoms with Gasteiger partial charge in [0.15, 0.2) is 0 Å². The molecule has 108 valence electrons. The summed E-state index contributed by atoms with van der Waals surface area (Å²) in [5.74, 6) is 0.811. The van der Waals surface area contributed by atoms with E-state index in [-0.39, 0.29) is 5.91 Å². The molecule has 1 aliphatic carbocycles. The van der Waals surface area contributed by atoms with Gasteiger partial charge in [-0.2, -0.15) is 0 Å². The smallest absolute Gasteiger partial charge is 0.240 e. The molecule has 0 radical (unpaired) electrons. The van der Waals surface area contributed by atoms with Crippen LogP contribution in [0.5, 0.6) is 0 Å². The largest absolute Gasteiger partial charge is 0.313 e. The second kappa shape index (κ2) is 5.96. The van der Waals surface area contributed by atoms with Gasteiger partial charge in [-0.15, -0.1) is 0 Å². The van der Waals surface area contributed by atoms with E-state index in [1.807, 2.05) is 4.90 Å². The number of hydrogen-bond donors (Lipinski definition) is 0. The van der Waals surface area contributed by atoms with Gasteiger partial charge in [0, 0.05) is 24.7 Å². The van der Waals surface area contributed by atoms with Crippen LogP contribution in [0.15, 0.2) is 35.6 Å². The van der Waals surface area contributed by atoms with Gasteiger partial charge in [-0.05, 0) is 25.0 Å². The van der Waals surface area contributed by atoms with Gasteiger partial charge in [-0.1, -0.05) is 44.1 Å². The van der Waals surface area contributed by atoms with Crippen LogP contribution in [0.3, 0.4) is 0 Å². The lowest BCUT2D eigenvalue weighted by atomic mass is 9.85. The Labute approximate surface area is 121 Å². The zero-order chi connectivity index (χ0) is 13.9. The summed E-state index contributed by atoms with van der Waals surface area (Å²) in [4.78, 5) is 16.7. The van der Waals surface area contributed by atoms with Crippen LogP contribution in [-0.4, -0.2) is 41.9 Å². The SMILES string of the molecule is CCCCCN1CC(=O)N2CCC3C=CC=CC3=C2C1. The molecule has 0 spiro atoms. The number of hydrogen-bond acceptors (Lipinski definition) is 2. The average molecular weight is 272 g/mol. The summed E-state index contributed by atoms with van der Waals surface area (Å²) in [6, 6.07) is 0. The molecule has 2 heterocycles. The molecule has 3 heteroatoms. The molecule has 0 saturated carbocycles. The van der Waals surface area contributed by atoms with Crippen molar-refractivity contribution < 1.29 is 4.79 Å². The number of fused-ring (bicyclic) bond motifs is 2. The van der Waals surface area contributed by atoms with E-state index in [0.717, 1.165) is 26.1 Å². The summed E-state index contributed by atoms with van der Waals surface area (Å²) in [6.45, 7) is 5.71. The van der Waals surface area contributed by atoms with E-state index in [1.165, 1.54) is 30.5 Å². The highest BCUT2D eigenvalue weighted by Gasteiger charge is 2.34. The molecule has 0 aromatic rings. The molecule has 2 aliphatic heterocycles. The molecule has 0 aromatic heterocycles. The molecule has 0 aromatic carbocycles. The predicted octanol–water partition coefficient (Wildman–Crippen LogP) is 2.72. The third-order valence-corrected chi connectivity index (χ3v) is 4.56. The van der Waals surface area contributed by atoms with Crippen molar-refractivity contribution in [2.75, 3.05) is 26.2 Å². The minimum absolute atomic E-state index is 0.289. The summed E-state index contributed by atoms with van der Waals surface area (Å²) in [7, 11) is 0. The van der Waals surface area contributed by atoms with Gasteiger partial charge < -0.3 is 4.90 Å². The van der Waals surface area contributed by atoms with Crippen molar-refractivity contribution in [2.24, 2.45) is 5.92 Å². The van der Waals surface area contributed by atoms with Crippen molar-refractivity contribution in [2.45, 2.75) is 32.6 Å². The second-order valence-electron chi connectivity index (χ2n) is 6.00. The van der Waals surface area contributed by atoms with Crippen LogP contribution in [0, 0.1) is 5.92 Å². The van der Waals surface area contributed by atoms with Crippen molar-refractivity contribution in [3.8, 4) is 0 Å². The molecule has 1 atom stereocenters. The molecule has 1 fully saturated rings. The quantitative estimate of drug-likeness (QED) is 0.735. The van der Waals surface area contributed by atoms with E-state index < -0.39 is 0 Å². The van der Waals surface area contributed by atoms with Crippen LogP contribution in [0.4, 0.5) is 0 Å². The first-order valence-corrected chi connectivity index (χ1v) is 7.90. The predicted molar refractivity (Wildman–Crippen MR) is 81.1 cm³/mol. The second-order valence-corrected chi connectivity index (χ2v) is 6.00. The number of carbonyl (C=O) groups is 1. The van der Waals surface area contributed by atoms with Crippen LogP contribution >= 0.6 is 0 Å². The number of rotatable bonds is 4. The number of carbonyl (C=O) groups excluding carboxylic acids is 1. The van der Waals surface area contributed by atoms with Gasteiger partial charge in [-0.3, -0.25) is 9.69 Å². The van der Waals surface area contributed by atoms with Crippen molar-refractivity contribution >= 4 is 5.91 Å². The van der Waals surface area contributed by atoms with Crippen LogP contribution in [0.2, 0.25) is 0 Å². The summed E-state index contributed by atoms with van der Waals surface area (Å²) >= 11 is 0. The number of nitrogens with zero attached hydrogens (tertiary/aromatic N) is 2. The Hall–Kier alpha value is -1.35. The van der Waals surface area contributed by atoms with Gasteiger partial charge in [0.05, 0.1) is 6.54 Å². The van der Waals surface area contributed by atoms with Crippen LogP contribution in [-0.2, 0) is 4.79 Å². The summed E-state index contributed by atoms with van der Waals surface area (Å²) < 4.78 is 0.